The van der Waals surface area contributed by atoms with Crippen molar-refractivity contribution in [2.75, 3.05) is 24.7 Å². The Kier molecular flexibility index (Phi) is 6.43. The van der Waals surface area contributed by atoms with Crippen LogP contribution in [0.2, 0.25) is 0 Å². The van der Waals surface area contributed by atoms with Crippen LogP contribution in [-0.4, -0.2) is 58.9 Å². The fourth-order valence-electron chi connectivity index (χ4n) is 4.02. The third-order valence-electron chi connectivity index (χ3n) is 5.69. The Morgan fingerprint density at radius 1 is 1.14 bits per heavy atom. The van der Waals surface area contributed by atoms with Crippen molar-refractivity contribution >= 4 is 38.5 Å². The fraction of sp³-hybridized carbons (Fsp3) is 0.435. The summed E-state index contributed by atoms with van der Waals surface area (Å²) in [5, 5.41) is 2.84. The number of amides is 1. The Labute approximate surface area is 202 Å². The second-order valence-electron chi connectivity index (χ2n) is 9.54. The van der Waals surface area contributed by atoms with Crippen LogP contribution in [0.1, 0.15) is 39.7 Å². The molecule has 3 heterocycles. The molecule has 0 saturated carbocycles. The summed E-state index contributed by atoms with van der Waals surface area (Å²) in [5.41, 5.74) is -0.294. The molecule has 1 amide bonds. The smallest absolute Gasteiger partial charge is 0.410 e. The van der Waals surface area contributed by atoms with Crippen molar-refractivity contribution < 1.29 is 26.7 Å². The number of aromatic nitrogens is 3. The highest BCUT2D eigenvalue weighted by Gasteiger charge is 2.29. The lowest BCUT2D eigenvalue weighted by molar-refractivity contribution is 0.0189. The number of piperidine rings is 1. The number of anilines is 2. The maximum absolute atomic E-state index is 15.0. The quantitative estimate of drug-likeness (QED) is 0.557. The van der Waals surface area contributed by atoms with Crippen molar-refractivity contribution in [1.82, 2.24) is 19.4 Å². The predicted octanol–water partition coefficient (Wildman–Crippen LogP) is 4.43. The van der Waals surface area contributed by atoms with E-state index in [4.69, 9.17) is 4.74 Å². The highest BCUT2D eigenvalue weighted by Crippen LogP contribution is 2.33. The number of fused-ring (bicyclic) bond motifs is 1. The molecule has 1 aliphatic rings. The number of benzene rings is 1. The minimum absolute atomic E-state index is 0.0461. The van der Waals surface area contributed by atoms with E-state index in [0.29, 0.717) is 31.6 Å². The van der Waals surface area contributed by atoms with Crippen molar-refractivity contribution in [3.05, 3.63) is 42.4 Å². The number of halogens is 2. The zero-order valence-electron chi connectivity index (χ0n) is 19.9. The fourth-order valence-corrected chi connectivity index (χ4v) is 4.65. The summed E-state index contributed by atoms with van der Waals surface area (Å²) in [4.78, 5) is 22.1. The summed E-state index contributed by atoms with van der Waals surface area (Å²) >= 11 is 0. The number of nitrogens with zero attached hydrogens (tertiary/aromatic N) is 4. The van der Waals surface area contributed by atoms with Crippen LogP contribution in [0, 0.1) is 11.6 Å². The Morgan fingerprint density at radius 2 is 1.83 bits per heavy atom. The first-order chi connectivity index (χ1) is 16.3. The van der Waals surface area contributed by atoms with E-state index in [1.807, 2.05) is 20.8 Å². The van der Waals surface area contributed by atoms with Crippen molar-refractivity contribution in [1.29, 1.82) is 0 Å². The number of ether oxygens (including phenoxy) is 1. The molecule has 3 aromatic rings. The maximum atomic E-state index is 15.0. The first-order valence-electron chi connectivity index (χ1n) is 11.1. The molecule has 1 N–H and O–H groups in total. The number of carbonyl (C=O) groups is 1. The molecule has 2 aromatic heterocycles. The molecule has 12 heteroatoms. The third kappa shape index (κ3) is 5.37. The van der Waals surface area contributed by atoms with Crippen LogP contribution >= 0.6 is 0 Å². The van der Waals surface area contributed by atoms with Gasteiger partial charge in [0.25, 0.3) is 0 Å². The largest absolute Gasteiger partial charge is 0.444 e. The molecule has 0 radical (unpaired) electrons. The van der Waals surface area contributed by atoms with Crippen molar-refractivity contribution in [2.24, 2.45) is 0 Å². The Balaban J connectivity index is 1.56. The standard InChI is InChI=1S/C23H27F2N5O4S/c1-23(2,3)34-22(31)29-9-7-14(8-10-29)30-12-17(25)19-20(26-13-27-21(19)30)28-18-6-5-15(11-16(18)24)35(4,32)33/h5-6,11-14H,7-10H2,1-4H3,(H,26,27,28). The van der Waals surface area contributed by atoms with E-state index in [0.717, 1.165) is 12.3 Å². The normalized spacial score (nSPS) is 15.4. The van der Waals surface area contributed by atoms with Crippen LogP contribution in [0.5, 0.6) is 0 Å². The molecular formula is C23H27F2N5O4S. The molecule has 4 rings (SSSR count). The zero-order valence-corrected chi connectivity index (χ0v) is 20.7. The molecule has 188 valence electrons. The van der Waals surface area contributed by atoms with Gasteiger partial charge in [0.15, 0.2) is 15.7 Å². The first kappa shape index (κ1) is 24.8. The third-order valence-corrected chi connectivity index (χ3v) is 6.80. The summed E-state index contributed by atoms with van der Waals surface area (Å²) in [7, 11) is -3.57. The molecule has 1 fully saturated rings. The minimum atomic E-state index is -3.57. The zero-order chi connectivity index (χ0) is 25.5. The van der Waals surface area contributed by atoms with Crippen molar-refractivity contribution in [3.8, 4) is 0 Å². The number of sulfone groups is 1. The van der Waals surface area contributed by atoms with Gasteiger partial charge in [0.1, 0.15) is 29.2 Å². The molecule has 1 aromatic carbocycles. The SMILES string of the molecule is CC(C)(C)OC(=O)N1CCC(n2cc(F)c3c(Nc4ccc(S(C)(=O)=O)cc4F)ncnc32)CC1. The molecule has 0 bridgehead atoms. The second-order valence-corrected chi connectivity index (χ2v) is 11.6. The number of hydrogen-bond donors (Lipinski definition) is 1. The molecule has 1 aliphatic heterocycles. The van der Waals surface area contributed by atoms with E-state index >= 15 is 4.39 Å². The van der Waals surface area contributed by atoms with Crippen LogP contribution in [0.4, 0.5) is 25.1 Å². The summed E-state index contributed by atoms with van der Waals surface area (Å²) in [5.74, 6) is -1.33. The molecule has 1 saturated heterocycles. The van der Waals surface area contributed by atoms with Crippen LogP contribution in [0.3, 0.4) is 0 Å². The van der Waals surface area contributed by atoms with Gasteiger partial charge < -0.3 is 19.5 Å². The van der Waals surface area contributed by atoms with Gasteiger partial charge in [0.05, 0.1) is 16.0 Å². The van der Waals surface area contributed by atoms with E-state index in [2.05, 4.69) is 15.3 Å². The number of carbonyl (C=O) groups excluding carboxylic acids is 1. The van der Waals surface area contributed by atoms with Crippen LogP contribution in [-0.2, 0) is 14.6 Å². The van der Waals surface area contributed by atoms with E-state index in [1.165, 1.54) is 24.7 Å². The van der Waals surface area contributed by atoms with Gasteiger partial charge in [0.2, 0.25) is 0 Å². The molecular weight excluding hydrogens is 480 g/mol. The number of nitrogens with one attached hydrogen (secondary N) is 1. The summed E-state index contributed by atoms with van der Waals surface area (Å²) in [6, 6.07) is 3.32. The molecule has 0 spiro atoms. The van der Waals surface area contributed by atoms with Crippen LogP contribution in [0.25, 0.3) is 11.0 Å². The van der Waals surface area contributed by atoms with Gasteiger partial charge in [0, 0.05) is 31.6 Å². The molecule has 0 atom stereocenters. The first-order valence-corrected chi connectivity index (χ1v) is 13.0. The summed E-state index contributed by atoms with van der Waals surface area (Å²) < 4.78 is 60.1. The van der Waals surface area contributed by atoms with Crippen LogP contribution < -0.4 is 5.32 Å². The molecule has 0 aliphatic carbocycles. The molecule has 0 unspecified atom stereocenters. The van der Waals surface area contributed by atoms with Gasteiger partial charge in [-0.05, 0) is 51.8 Å². The monoisotopic (exact) mass is 507 g/mol. The van der Waals surface area contributed by atoms with Gasteiger partial charge in [-0.15, -0.1) is 0 Å². The van der Waals surface area contributed by atoms with E-state index < -0.39 is 27.1 Å². The van der Waals surface area contributed by atoms with E-state index in [1.54, 1.807) is 9.47 Å². The number of hydrogen-bond acceptors (Lipinski definition) is 7. The van der Waals surface area contributed by atoms with Gasteiger partial charge in [-0.3, -0.25) is 0 Å². The van der Waals surface area contributed by atoms with Gasteiger partial charge in [-0.2, -0.15) is 0 Å². The highest BCUT2D eigenvalue weighted by atomic mass is 32.2. The highest BCUT2D eigenvalue weighted by molar-refractivity contribution is 7.90. The Bertz CT molecular complexity index is 1380. The number of rotatable bonds is 4. The lowest BCUT2D eigenvalue weighted by Gasteiger charge is -2.34. The van der Waals surface area contributed by atoms with Gasteiger partial charge in [-0.25, -0.2) is 32.0 Å². The minimum Gasteiger partial charge on any atom is -0.444 e. The van der Waals surface area contributed by atoms with Crippen molar-refractivity contribution in [2.45, 2.75) is 50.2 Å². The van der Waals surface area contributed by atoms with E-state index in [-0.39, 0.29) is 33.9 Å². The predicted molar refractivity (Wildman–Crippen MR) is 126 cm³/mol. The van der Waals surface area contributed by atoms with Crippen LogP contribution in [0.15, 0.2) is 35.6 Å². The van der Waals surface area contributed by atoms with Gasteiger partial charge >= 0.3 is 6.09 Å². The molecule has 35 heavy (non-hydrogen) atoms. The second kappa shape index (κ2) is 9.06. The Hall–Kier alpha value is -3.28. The van der Waals surface area contributed by atoms with Crippen molar-refractivity contribution in [3.63, 3.8) is 0 Å². The van der Waals surface area contributed by atoms with Gasteiger partial charge in [-0.1, -0.05) is 0 Å². The number of likely N-dealkylation sites (tertiary alicyclic amines) is 1. The summed E-state index contributed by atoms with van der Waals surface area (Å²) in [6.07, 6.45) is 4.35. The maximum Gasteiger partial charge on any atom is 0.410 e. The average Bonchev–Trinajstić information content (AvgIpc) is 3.11. The molecule has 9 nitrogen and oxygen atoms in total. The lowest BCUT2D eigenvalue weighted by Crippen LogP contribution is -2.42. The Morgan fingerprint density at radius 3 is 2.43 bits per heavy atom. The topological polar surface area (TPSA) is 106 Å². The van der Waals surface area contributed by atoms with E-state index in [9.17, 15) is 17.6 Å². The summed E-state index contributed by atoms with van der Waals surface area (Å²) in [6.45, 7) is 6.33. The average molecular weight is 508 g/mol. The lowest BCUT2D eigenvalue weighted by atomic mass is 10.1.